The molecule has 1 atom stereocenters. The van der Waals surface area contributed by atoms with Crippen molar-refractivity contribution >= 4 is 0 Å². The number of terminal acetylenes is 1. The molecule has 0 aromatic heterocycles. The van der Waals surface area contributed by atoms with Gasteiger partial charge in [-0.05, 0) is 20.8 Å². The molecule has 0 heterocycles. The van der Waals surface area contributed by atoms with Gasteiger partial charge in [0.2, 0.25) is 0 Å². The monoisotopic (exact) mass is 112 g/mol. The molecule has 0 rings (SSSR count). The SMILES string of the molecule is C#CC(C)C(C)(C)O. The van der Waals surface area contributed by atoms with E-state index in [0.717, 1.165) is 0 Å². The Bertz CT molecular complexity index is 103. The van der Waals surface area contributed by atoms with E-state index in [2.05, 4.69) is 5.92 Å². The summed E-state index contributed by atoms with van der Waals surface area (Å²) < 4.78 is 0. The molecule has 0 aromatic rings. The molecule has 0 aliphatic rings. The maximum atomic E-state index is 9.14. The summed E-state index contributed by atoms with van der Waals surface area (Å²) >= 11 is 0. The predicted molar refractivity (Wildman–Crippen MR) is 34.3 cm³/mol. The Balaban J connectivity index is 3.87. The molecule has 0 bridgehead atoms. The third kappa shape index (κ3) is 1.99. The van der Waals surface area contributed by atoms with Crippen molar-refractivity contribution < 1.29 is 5.11 Å². The van der Waals surface area contributed by atoms with Gasteiger partial charge in [-0.25, -0.2) is 0 Å². The molecule has 46 valence electrons. The van der Waals surface area contributed by atoms with Gasteiger partial charge in [0.05, 0.1) is 5.60 Å². The number of aliphatic hydroxyl groups is 1. The lowest BCUT2D eigenvalue weighted by atomic mass is 9.94. The Morgan fingerprint density at radius 3 is 2.00 bits per heavy atom. The van der Waals surface area contributed by atoms with Crippen LogP contribution in [0.2, 0.25) is 0 Å². The molecule has 1 nitrogen and oxygen atoms in total. The van der Waals surface area contributed by atoms with Gasteiger partial charge < -0.3 is 5.11 Å². The van der Waals surface area contributed by atoms with E-state index in [0.29, 0.717) is 0 Å². The van der Waals surface area contributed by atoms with Gasteiger partial charge in [0, 0.05) is 5.92 Å². The highest BCUT2D eigenvalue weighted by molar-refractivity contribution is 4.97. The van der Waals surface area contributed by atoms with Gasteiger partial charge in [0.15, 0.2) is 0 Å². The molecule has 1 N–H and O–H groups in total. The molecular formula is C7H12O. The standard InChI is InChI=1S/C7H12O/c1-5-6(2)7(3,4)8/h1,6,8H,2-4H3. The zero-order valence-corrected chi connectivity index (χ0v) is 5.60. The second kappa shape index (κ2) is 2.19. The van der Waals surface area contributed by atoms with Crippen LogP contribution in [0.4, 0.5) is 0 Å². The van der Waals surface area contributed by atoms with Crippen molar-refractivity contribution in [3.05, 3.63) is 0 Å². The van der Waals surface area contributed by atoms with Crippen LogP contribution in [0.3, 0.4) is 0 Å². The van der Waals surface area contributed by atoms with Gasteiger partial charge in [-0.15, -0.1) is 12.3 Å². The minimum atomic E-state index is -0.727. The molecule has 0 saturated heterocycles. The first-order chi connectivity index (χ1) is 3.48. The third-order valence-corrected chi connectivity index (χ3v) is 1.31. The highest BCUT2D eigenvalue weighted by atomic mass is 16.3. The highest BCUT2D eigenvalue weighted by Crippen LogP contribution is 2.13. The van der Waals surface area contributed by atoms with Crippen LogP contribution in [0.15, 0.2) is 0 Å². The highest BCUT2D eigenvalue weighted by Gasteiger charge is 2.19. The quantitative estimate of drug-likeness (QED) is 0.502. The van der Waals surface area contributed by atoms with Gasteiger partial charge in [-0.3, -0.25) is 0 Å². The second-order valence-electron chi connectivity index (χ2n) is 2.54. The van der Waals surface area contributed by atoms with E-state index in [1.165, 1.54) is 0 Å². The first-order valence-electron chi connectivity index (χ1n) is 2.67. The molecule has 0 radical (unpaired) electrons. The Morgan fingerprint density at radius 1 is 1.62 bits per heavy atom. The predicted octanol–water partition coefficient (Wildman–Crippen LogP) is 1.03. The molecule has 0 aliphatic heterocycles. The van der Waals surface area contributed by atoms with E-state index < -0.39 is 5.60 Å². The largest absolute Gasteiger partial charge is 0.389 e. The second-order valence-corrected chi connectivity index (χ2v) is 2.54. The van der Waals surface area contributed by atoms with E-state index in [4.69, 9.17) is 11.5 Å². The fourth-order valence-corrected chi connectivity index (χ4v) is 0.204. The Kier molecular flexibility index (Phi) is 2.06. The van der Waals surface area contributed by atoms with Crippen molar-refractivity contribution in [3.63, 3.8) is 0 Å². The lowest BCUT2D eigenvalue weighted by Crippen LogP contribution is -2.26. The average molecular weight is 112 g/mol. The summed E-state index contributed by atoms with van der Waals surface area (Å²) in [5.41, 5.74) is -0.727. The van der Waals surface area contributed by atoms with Crippen LogP contribution in [0, 0.1) is 18.3 Å². The van der Waals surface area contributed by atoms with Gasteiger partial charge in [-0.1, -0.05) is 0 Å². The minimum Gasteiger partial charge on any atom is -0.389 e. The summed E-state index contributed by atoms with van der Waals surface area (Å²) in [4.78, 5) is 0. The van der Waals surface area contributed by atoms with Gasteiger partial charge in [0.1, 0.15) is 0 Å². The molecule has 0 amide bonds. The Hall–Kier alpha value is -0.480. The van der Waals surface area contributed by atoms with E-state index in [1.54, 1.807) is 13.8 Å². The van der Waals surface area contributed by atoms with Crippen LogP contribution in [0.1, 0.15) is 20.8 Å². The maximum absolute atomic E-state index is 9.14. The van der Waals surface area contributed by atoms with E-state index in [9.17, 15) is 0 Å². The van der Waals surface area contributed by atoms with E-state index in [-0.39, 0.29) is 5.92 Å². The lowest BCUT2D eigenvalue weighted by Gasteiger charge is -2.20. The first-order valence-corrected chi connectivity index (χ1v) is 2.67. The molecular weight excluding hydrogens is 100 g/mol. The average Bonchev–Trinajstić information content (AvgIpc) is 1.62. The van der Waals surface area contributed by atoms with Crippen LogP contribution < -0.4 is 0 Å². The van der Waals surface area contributed by atoms with Gasteiger partial charge in [0.25, 0.3) is 0 Å². The summed E-state index contributed by atoms with van der Waals surface area (Å²) in [5, 5.41) is 9.14. The van der Waals surface area contributed by atoms with Crippen molar-refractivity contribution in [3.8, 4) is 12.3 Å². The number of hydrogen-bond donors (Lipinski definition) is 1. The fourth-order valence-electron chi connectivity index (χ4n) is 0.204. The normalized spacial score (nSPS) is 14.9. The molecule has 0 aliphatic carbocycles. The third-order valence-electron chi connectivity index (χ3n) is 1.31. The van der Waals surface area contributed by atoms with Crippen LogP contribution in [-0.4, -0.2) is 10.7 Å². The minimum absolute atomic E-state index is 0.0671. The molecule has 0 aromatic carbocycles. The molecule has 0 spiro atoms. The van der Waals surface area contributed by atoms with Crippen molar-refractivity contribution in [1.82, 2.24) is 0 Å². The Morgan fingerprint density at radius 2 is 2.00 bits per heavy atom. The van der Waals surface area contributed by atoms with E-state index >= 15 is 0 Å². The molecule has 8 heavy (non-hydrogen) atoms. The molecule has 0 saturated carbocycles. The summed E-state index contributed by atoms with van der Waals surface area (Å²) in [6.45, 7) is 5.23. The first kappa shape index (κ1) is 7.52. The lowest BCUT2D eigenvalue weighted by molar-refractivity contribution is 0.0477. The van der Waals surface area contributed by atoms with Crippen molar-refractivity contribution in [1.29, 1.82) is 0 Å². The zero-order valence-electron chi connectivity index (χ0n) is 5.60. The molecule has 0 fully saturated rings. The Labute approximate surface area is 50.7 Å². The summed E-state index contributed by atoms with van der Waals surface area (Å²) in [5.74, 6) is 2.39. The number of hydrogen-bond acceptors (Lipinski definition) is 1. The van der Waals surface area contributed by atoms with E-state index in [1.807, 2.05) is 6.92 Å². The smallest absolute Gasteiger partial charge is 0.0725 e. The van der Waals surface area contributed by atoms with Crippen molar-refractivity contribution in [2.45, 2.75) is 26.4 Å². The summed E-state index contributed by atoms with van der Waals surface area (Å²) in [6.07, 6.45) is 5.05. The summed E-state index contributed by atoms with van der Waals surface area (Å²) in [7, 11) is 0. The van der Waals surface area contributed by atoms with Crippen LogP contribution in [-0.2, 0) is 0 Å². The van der Waals surface area contributed by atoms with Crippen LogP contribution in [0.5, 0.6) is 0 Å². The maximum Gasteiger partial charge on any atom is 0.0725 e. The van der Waals surface area contributed by atoms with Crippen LogP contribution in [0.25, 0.3) is 0 Å². The number of rotatable bonds is 1. The van der Waals surface area contributed by atoms with Gasteiger partial charge >= 0.3 is 0 Å². The van der Waals surface area contributed by atoms with Gasteiger partial charge in [-0.2, -0.15) is 0 Å². The van der Waals surface area contributed by atoms with Crippen molar-refractivity contribution in [2.75, 3.05) is 0 Å². The topological polar surface area (TPSA) is 20.2 Å². The molecule has 1 heteroatoms. The summed E-state index contributed by atoms with van der Waals surface area (Å²) in [6, 6.07) is 0. The fraction of sp³-hybridized carbons (Fsp3) is 0.714. The molecule has 1 unspecified atom stereocenters. The zero-order chi connectivity index (χ0) is 6.78. The van der Waals surface area contributed by atoms with Crippen LogP contribution >= 0.6 is 0 Å². The van der Waals surface area contributed by atoms with Crippen molar-refractivity contribution in [2.24, 2.45) is 5.92 Å².